The van der Waals surface area contributed by atoms with Gasteiger partial charge in [-0.3, -0.25) is 14.4 Å². The number of nitrogens with zero attached hydrogens (tertiary/aromatic N) is 1. The van der Waals surface area contributed by atoms with Gasteiger partial charge in [0.15, 0.2) is 11.3 Å². The summed E-state index contributed by atoms with van der Waals surface area (Å²) in [5.41, 5.74) is -0.656. The molecule has 2 aliphatic rings. The highest BCUT2D eigenvalue weighted by Gasteiger charge is 2.48. The van der Waals surface area contributed by atoms with Crippen LogP contribution in [0.1, 0.15) is 40.3 Å². The number of carbonyl (C=O) groups excluding carboxylic acids is 3. The third-order valence-corrected chi connectivity index (χ3v) is 7.39. The molecule has 2 N–H and O–H groups in total. The standard InChI is InChI=1S/C29H32FN3O8/c1-28(14-39-15-28)32-25(34)17-6-8-20-22(11-17)41-24-23(20)40-16-29(2,33(26(24)35)9-10-37-3)27(36)31-13-18-5-7-19(30)12-21(18)38-4/h5-8,11-12H,9-10,13-16H2,1-4H3,(H,31,36)(H,32,34). The molecule has 1 unspecified atom stereocenters. The summed E-state index contributed by atoms with van der Waals surface area (Å²) in [6.45, 7) is 4.43. The summed E-state index contributed by atoms with van der Waals surface area (Å²) in [5.74, 6) is -1.41. The molecule has 12 heteroatoms. The predicted molar refractivity (Wildman–Crippen MR) is 145 cm³/mol. The van der Waals surface area contributed by atoms with Gasteiger partial charge in [0, 0.05) is 37.4 Å². The smallest absolute Gasteiger partial charge is 0.294 e. The van der Waals surface area contributed by atoms with Crippen molar-refractivity contribution < 1.29 is 42.1 Å². The minimum atomic E-state index is -1.45. The summed E-state index contributed by atoms with van der Waals surface area (Å²) in [5, 5.41) is 6.26. The Labute approximate surface area is 235 Å². The summed E-state index contributed by atoms with van der Waals surface area (Å²) < 4.78 is 41.3. The van der Waals surface area contributed by atoms with Gasteiger partial charge in [-0.25, -0.2) is 4.39 Å². The first-order chi connectivity index (χ1) is 19.6. The summed E-state index contributed by atoms with van der Waals surface area (Å²) in [7, 11) is 2.90. The molecule has 3 aromatic rings. The molecule has 1 atom stereocenters. The lowest BCUT2D eigenvalue weighted by molar-refractivity contribution is -0.133. The fourth-order valence-corrected chi connectivity index (χ4v) is 4.91. The Bertz CT molecular complexity index is 1500. The van der Waals surface area contributed by atoms with E-state index in [9.17, 15) is 18.8 Å². The van der Waals surface area contributed by atoms with Gasteiger partial charge in [-0.15, -0.1) is 0 Å². The first-order valence-electron chi connectivity index (χ1n) is 13.1. The summed E-state index contributed by atoms with van der Waals surface area (Å²) in [4.78, 5) is 41.6. The summed E-state index contributed by atoms with van der Waals surface area (Å²) in [6.07, 6.45) is 0. The first-order valence-corrected chi connectivity index (χ1v) is 13.1. The number of amides is 3. The molecule has 0 saturated carbocycles. The van der Waals surface area contributed by atoms with Gasteiger partial charge in [0.05, 0.1) is 37.9 Å². The van der Waals surface area contributed by atoms with Gasteiger partial charge in [0.1, 0.15) is 23.8 Å². The van der Waals surface area contributed by atoms with Crippen molar-refractivity contribution in [2.75, 3.05) is 47.2 Å². The summed E-state index contributed by atoms with van der Waals surface area (Å²) >= 11 is 0. The van der Waals surface area contributed by atoms with E-state index in [1.54, 1.807) is 25.1 Å². The lowest BCUT2D eigenvalue weighted by Crippen LogP contribution is -2.61. The second-order valence-corrected chi connectivity index (χ2v) is 10.6. The van der Waals surface area contributed by atoms with Crippen molar-refractivity contribution in [1.29, 1.82) is 0 Å². The van der Waals surface area contributed by atoms with Crippen molar-refractivity contribution >= 4 is 28.7 Å². The zero-order chi connectivity index (χ0) is 29.4. The largest absolute Gasteiger partial charge is 0.496 e. The molecule has 1 aromatic heterocycles. The minimum Gasteiger partial charge on any atom is -0.496 e. The van der Waals surface area contributed by atoms with Crippen molar-refractivity contribution in [2.24, 2.45) is 0 Å². The molecule has 0 bridgehead atoms. The molecule has 11 nitrogen and oxygen atoms in total. The second kappa shape index (κ2) is 11.0. The number of hydrogen-bond acceptors (Lipinski definition) is 8. The third kappa shape index (κ3) is 5.32. The van der Waals surface area contributed by atoms with Crippen LogP contribution in [-0.4, -0.2) is 80.9 Å². The number of furan rings is 1. The van der Waals surface area contributed by atoms with Crippen LogP contribution in [0.5, 0.6) is 11.5 Å². The van der Waals surface area contributed by atoms with Crippen LogP contribution < -0.4 is 20.1 Å². The molecule has 3 amide bonds. The van der Waals surface area contributed by atoms with E-state index in [4.69, 9.17) is 23.4 Å². The number of fused-ring (bicyclic) bond motifs is 3. The molecule has 2 aromatic carbocycles. The lowest BCUT2D eigenvalue weighted by atomic mass is 9.99. The topological polar surface area (TPSA) is 129 Å². The normalized spacial score (nSPS) is 19.5. The number of ether oxygens (including phenoxy) is 4. The van der Waals surface area contributed by atoms with Gasteiger partial charge in [-0.05, 0) is 38.1 Å². The molecule has 218 valence electrons. The van der Waals surface area contributed by atoms with Gasteiger partial charge < -0.3 is 38.9 Å². The van der Waals surface area contributed by atoms with Crippen molar-refractivity contribution in [1.82, 2.24) is 15.5 Å². The molecule has 0 spiro atoms. The van der Waals surface area contributed by atoms with E-state index in [1.165, 1.54) is 37.3 Å². The fourth-order valence-electron chi connectivity index (χ4n) is 4.91. The molecule has 2 aliphatic heterocycles. The quantitative estimate of drug-likeness (QED) is 0.403. The second-order valence-electron chi connectivity index (χ2n) is 10.6. The molecular formula is C29H32FN3O8. The van der Waals surface area contributed by atoms with Crippen LogP contribution in [0.4, 0.5) is 4.39 Å². The Morgan fingerprint density at radius 2 is 1.88 bits per heavy atom. The minimum absolute atomic E-state index is 0.0344. The maximum absolute atomic E-state index is 13.9. The van der Waals surface area contributed by atoms with Crippen molar-refractivity contribution in [3.8, 4) is 11.5 Å². The van der Waals surface area contributed by atoms with E-state index in [2.05, 4.69) is 10.6 Å². The third-order valence-electron chi connectivity index (χ3n) is 7.39. The Kier molecular flexibility index (Phi) is 7.62. The molecule has 3 heterocycles. The van der Waals surface area contributed by atoms with Crippen LogP contribution in [0.3, 0.4) is 0 Å². The number of methoxy groups -OCH3 is 2. The molecule has 1 fully saturated rings. The van der Waals surface area contributed by atoms with E-state index in [-0.39, 0.29) is 49.5 Å². The zero-order valence-corrected chi connectivity index (χ0v) is 23.3. The van der Waals surface area contributed by atoms with Crippen LogP contribution in [0.2, 0.25) is 0 Å². The Morgan fingerprint density at radius 3 is 2.56 bits per heavy atom. The Morgan fingerprint density at radius 1 is 1.10 bits per heavy atom. The summed E-state index contributed by atoms with van der Waals surface area (Å²) in [6, 6.07) is 8.86. The van der Waals surface area contributed by atoms with E-state index in [1.807, 2.05) is 6.92 Å². The van der Waals surface area contributed by atoms with Crippen LogP contribution in [0.15, 0.2) is 40.8 Å². The number of benzene rings is 2. The Hall–Kier alpha value is -4.16. The number of halogens is 1. The maximum Gasteiger partial charge on any atom is 0.294 e. The highest BCUT2D eigenvalue weighted by Crippen LogP contribution is 2.39. The van der Waals surface area contributed by atoms with E-state index < -0.39 is 28.7 Å². The lowest BCUT2D eigenvalue weighted by Gasteiger charge is -2.38. The highest BCUT2D eigenvalue weighted by molar-refractivity contribution is 6.06. The molecule has 0 aliphatic carbocycles. The number of hydrogen-bond donors (Lipinski definition) is 2. The first kappa shape index (κ1) is 28.4. The number of nitrogens with one attached hydrogen (secondary N) is 2. The van der Waals surface area contributed by atoms with Gasteiger partial charge in [0.25, 0.3) is 11.8 Å². The van der Waals surface area contributed by atoms with Crippen LogP contribution in [-0.2, 0) is 20.8 Å². The van der Waals surface area contributed by atoms with Crippen molar-refractivity contribution in [3.05, 3.63) is 59.1 Å². The molecule has 0 radical (unpaired) electrons. The average Bonchev–Trinajstić information content (AvgIpc) is 3.27. The van der Waals surface area contributed by atoms with Gasteiger partial charge >= 0.3 is 0 Å². The maximum atomic E-state index is 13.9. The van der Waals surface area contributed by atoms with Crippen LogP contribution in [0, 0.1) is 5.82 Å². The predicted octanol–water partition coefficient (Wildman–Crippen LogP) is 2.66. The Balaban J connectivity index is 1.41. The highest BCUT2D eigenvalue weighted by atomic mass is 19.1. The number of rotatable bonds is 9. The average molecular weight is 570 g/mol. The van der Waals surface area contributed by atoms with Gasteiger partial charge in [-0.2, -0.15) is 0 Å². The van der Waals surface area contributed by atoms with Crippen molar-refractivity contribution in [2.45, 2.75) is 31.5 Å². The SMILES string of the molecule is COCCN1C(=O)c2oc3cc(C(=O)NC4(C)COC4)ccc3c2OCC1(C)C(=O)NCc1ccc(F)cc1OC. The number of carbonyl (C=O) groups is 3. The van der Waals surface area contributed by atoms with E-state index in [0.29, 0.717) is 35.3 Å². The zero-order valence-electron chi connectivity index (χ0n) is 23.3. The molecule has 1 saturated heterocycles. The molecule has 5 rings (SSSR count). The monoisotopic (exact) mass is 569 g/mol. The van der Waals surface area contributed by atoms with Gasteiger partial charge in [0.2, 0.25) is 11.7 Å². The van der Waals surface area contributed by atoms with Crippen LogP contribution in [0.25, 0.3) is 11.0 Å². The van der Waals surface area contributed by atoms with E-state index in [0.717, 1.165) is 0 Å². The molecular weight excluding hydrogens is 537 g/mol. The van der Waals surface area contributed by atoms with E-state index >= 15 is 0 Å². The van der Waals surface area contributed by atoms with Crippen molar-refractivity contribution in [3.63, 3.8) is 0 Å². The van der Waals surface area contributed by atoms with Gasteiger partial charge in [-0.1, -0.05) is 6.07 Å². The molecule has 41 heavy (non-hydrogen) atoms. The van der Waals surface area contributed by atoms with Crippen LogP contribution >= 0.6 is 0 Å². The fraction of sp³-hybridized carbons (Fsp3) is 0.414.